The molecule has 0 bridgehead atoms. The van der Waals surface area contributed by atoms with Crippen LogP contribution in [0.3, 0.4) is 0 Å². The van der Waals surface area contributed by atoms with Gasteiger partial charge in [0.05, 0.1) is 13.1 Å². The normalized spacial score (nSPS) is 10.8. The van der Waals surface area contributed by atoms with Gasteiger partial charge in [-0.15, -0.1) is 0 Å². The highest BCUT2D eigenvalue weighted by Gasteiger charge is 2.17. The minimum atomic E-state index is 0.0152. The lowest BCUT2D eigenvalue weighted by Crippen LogP contribution is -2.39. The first-order valence-corrected chi connectivity index (χ1v) is 7.29. The highest BCUT2D eigenvalue weighted by molar-refractivity contribution is 5.99. The van der Waals surface area contributed by atoms with Crippen LogP contribution in [0.25, 0.3) is 0 Å². The van der Waals surface area contributed by atoms with E-state index in [0.29, 0.717) is 6.54 Å². The molecule has 116 valence electrons. The van der Waals surface area contributed by atoms with E-state index in [-0.39, 0.29) is 24.8 Å². The van der Waals surface area contributed by atoms with E-state index in [1.165, 1.54) is 5.56 Å². The molecule has 0 aliphatic heterocycles. The smallest absolute Gasteiger partial charge is 0.236 e. The van der Waals surface area contributed by atoms with E-state index in [1.807, 2.05) is 44.7 Å². The molecular weight excluding hydrogens is 264 g/mol. The third-order valence-corrected chi connectivity index (χ3v) is 3.81. The SMILES string of the molecule is CCN(CC(=O)c1cc(C)c(C)cc1C)CC(=O)N(C)C. The third-order valence-electron chi connectivity index (χ3n) is 3.81. The van der Waals surface area contributed by atoms with Crippen LogP contribution in [-0.2, 0) is 4.79 Å². The minimum absolute atomic E-state index is 0.0152. The van der Waals surface area contributed by atoms with Gasteiger partial charge in [-0.05, 0) is 50.1 Å². The molecule has 1 amide bonds. The summed E-state index contributed by atoms with van der Waals surface area (Å²) in [7, 11) is 3.46. The molecule has 0 spiro atoms. The number of benzene rings is 1. The van der Waals surface area contributed by atoms with Gasteiger partial charge in [0.15, 0.2) is 5.78 Å². The molecule has 0 saturated heterocycles. The average molecular weight is 290 g/mol. The number of amides is 1. The molecule has 0 aliphatic rings. The van der Waals surface area contributed by atoms with Crippen LogP contribution in [-0.4, -0.2) is 55.2 Å². The zero-order valence-electron chi connectivity index (χ0n) is 14.0. The molecule has 4 nitrogen and oxygen atoms in total. The standard InChI is InChI=1S/C17H26N2O2/c1-7-19(11-17(21)18(5)6)10-16(20)15-9-13(3)12(2)8-14(15)4/h8-9H,7,10-11H2,1-6H3. The summed E-state index contributed by atoms with van der Waals surface area (Å²) in [5.41, 5.74) is 4.07. The van der Waals surface area contributed by atoms with Gasteiger partial charge in [0, 0.05) is 19.7 Å². The Bertz CT molecular complexity index is 536. The lowest BCUT2D eigenvalue weighted by Gasteiger charge is -2.21. The largest absolute Gasteiger partial charge is 0.348 e. The van der Waals surface area contributed by atoms with Gasteiger partial charge in [-0.2, -0.15) is 0 Å². The first-order chi connectivity index (χ1) is 9.76. The van der Waals surface area contributed by atoms with Crippen molar-refractivity contribution >= 4 is 11.7 Å². The van der Waals surface area contributed by atoms with Crippen LogP contribution in [0.15, 0.2) is 12.1 Å². The first kappa shape index (κ1) is 17.4. The fraction of sp³-hybridized carbons (Fsp3) is 0.529. The predicted octanol–water partition coefficient (Wildman–Crippen LogP) is 2.20. The van der Waals surface area contributed by atoms with Gasteiger partial charge in [-0.3, -0.25) is 14.5 Å². The van der Waals surface area contributed by atoms with Crippen LogP contribution >= 0.6 is 0 Å². The number of likely N-dealkylation sites (N-methyl/N-ethyl adjacent to an activating group) is 2. The molecule has 0 radical (unpaired) electrons. The Morgan fingerprint density at radius 3 is 2.05 bits per heavy atom. The van der Waals surface area contributed by atoms with E-state index in [4.69, 9.17) is 0 Å². The molecule has 0 saturated carbocycles. The number of rotatable bonds is 6. The predicted molar refractivity (Wildman–Crippen MR) is 85.8 cm³/mol. The number of aryl methyl sites for hydroxylation is 3. The Balaban J connectivity index is 2.84. The van der Waals surface area contributed by atoms with Gasteiger partial charge < -0.3 is 4.90 Å². The Hall–Kier alpha value is -1.68. The van der Waals surface area contributed by atoms with Gasteiger partial charge in [0.2, 0.25) is 5.91 Å². The number of carbonyl (C=O) groups is 2. The van der Waals surface area contributed by atoms with Crippen molar-refractivity contribution in [2.24, 2.45) is 0 Å². The molecule has 0 atom stereocenters. The second kappa shape index (κ2) is 7.36. The summed E-state index contributed by atoms with van der Waals surface area (Å²) in [6.07, 6.45) is 0. The summed E-state index contributed by atoms with van der Waals surface area (Å²) in [5, 5.41) is 0. The van der Waals surface area contributed by atoms with Crippen molar-refractivity contribution in [1.82, 2.24) is 9.80 Å². The lowest BCUT2D eigenvalue weighted by atomic mass is 9.98. The summed E-state index contributed by atoms with van der Waals surface area (Å²) >= 11 is 0. The van der Waals surface area contributed by atoms with E-state index in [9.17, 15) is 9.59 Å². The van der Waals surface area contributed by atoms with Crippen molar-refractivity contribution in [3.8, 4) is 0 Å². The number of hydrogen-bond acceptors (Lipinski definition) is 3. The molecule has 21 heavy (non-hydrogen) atoms. The molecule has 0 aliphatic carbocycles. The molecule has 1 aromatic carbocycles. The van der Waals surface area contributed by atoms with Crippen LogP contribution in [0.1, 0.15) is 34.0 Å². The third kappa shape index (κ3) is 4.67. The second-order valence-corrected chi connectivity index (χ2v) is 5.77. The maximum atomic E-state index is 12.5. The molecule has 1 rings (SSSR count). The van der Waals surface area contributed by atoms with Gasteiger partial charge in [0.25, 0.3) is 0 Å². The minimum Gasteiger partial charge on any atom is -0.348 e. The van der Waals surface area contributed by atoms with Crippen LogP contribution < -0.4 is 0 Å². The molecule has 0 heterocycles. The fourth-order valence-corrected chi connectivity index (χ4v) is 2.16. The maximum Gasteiger partial charge on any atom is 0.236 e. The van der Waals surface area contributed by atoms with Crippen molar-refractivity contribution in [2.45, 2.75) is 27.7 Å². The Morgan fingerprint density at radius 1 is 0.952 bits per heavy atom. The molecule has 1 aromatic rings. The number of carbonyl (C=O) groups excluding carboxylic acids is 2. The zero-order valence-corrected chi connectivity index (χ0v) is 14.0. The van der Waals surface area contributed by atoms with E-state index < -0.39 is 0 Å². The first-order valence-electron chi connectivity index (χ1n) is 7.29. The van der Waals surface area contributed by atoms with E-state index >= 15 is 0 Å². The van der Waals surface area contributed by atoms with Crippen LogP contribution in [0.2, 0.25) is 0 Å². The summed E-state index contributed by atoms with van der Waals surface area (Å²) < 4.78 is 0. The Kier molecular flexibility index (Phi) is 6.09. The van der Waals surface area contributed by atoms with Crippen molar-refractivity contribution < 1.29 is 9.59 Å². The molecular formula is C17H26N2O2. The van der Waals surface area contributed by atoms with Gasteiger partial charge in [-0.1, -0.05) is 13.0 Å². The number of Topliss-reactive ketones (excluding diaryl/α,β-unsaturated/α-hetero) is 1. The van der Waals surface area contributed by atoms with Crippen molar-refractivity contribution in [1.29, 1.82) is 0 Å². The second-order valence-electron chi connectivity index (χ2n) is 5.77. The molecule has 4 heteroatoms. The molecule has 0 aromatic heterocycles. The highest BCUT2D eigenvalue weighted by Crippen LogP contribution is 2.16. The van der Waals surface area contributed by atoms with Crippen LogP contribution in [0.5, 0.6) is 0 Å². The summed E-state index contributed by atoms with van der Waals surface area (Å²) in [4.78, 5) is 27.7. The fourth-order valence-electron chi connectivity index (χ4n) is 2.16. The van der Waals surface area contributed by atoms with Crippen molar-refractivity contribution in [3.05, 3.63) is 34.4 Å². The van der Waals surface area contributed by atoms with Crippen molar-refractivity contribution in [3.63, 3.8) is 0 Å². The molecule has 0 fully saturated rings. The summed E-state index contributed by atoms with van der Waals surface area (Å²) in [6, 6.07) is 4.00. The van der Waals surface area contributed by atoms with E-state index in [2.05, 4.69) is 0 Å². The number of hydrogen-bond donors (Lipinski definition) is 0. The molecule has 0 unspecified atom stereocenters. The summed E-state index contributed by atoms with van der Waals surface area (Å²) in [6.45, 7) is 9.21. The lowest BCUT2D eigenvalue weighted by molar-refractivity contribution is -0.129. The zero-order chi connectivity index (χ0) is 16.2. The highest BCUT2D eigenvalue weighted by atomic mass is 16.2. The van der Waals surface area contributed by atoms with Crippen molar-refractivity contribution in [2.75, 3.05) is 33.7 Å². The average Bonchev–Trinajstić information content (AvgIpc) is 2.41. The van der Waals surface area contributed by atoms with Crippen LogP contribution in [0, 0.1) is 20.8 Å². The molecule has 0 N–H and O–H groups in total. The van der Waals surface area contributed by atoms with Gasteiger partial charge in [0.1, 0.15) is 0 Å². The number of ketones is 1. The van der Waals surface area contributed by atoms with E-state index in [1.54, 1.807) is 19.0 Å². The Morgan fingerprint density at radius 2 is 1.52 bits per heavy atom. The van der Waals surface area contributed by atoms with E-state index in [0.717, 1.165) is 16.7 Å². The number of nitrogens with zero attached hydrogens (tertiary/aromatic N) is 2. The Labute approximate surface area is 127 Å². The van der Waals surface area contributed by atoms with Gasteiger partial charge >= 0.3 is 0 Å². The maximum absolute atomic E-state index is 12.5. The topological polar surface area (TPSA) is 40.6 Å². The summed E-state index contributed by atoms with van der Waals surface area (Å²) in [5.74, 6) is 0.0884. The van der Waals surface area contributed by atoms with Gasteiger partial charge in [-0.25, -0.2) is 0 Å². The van der Waals surface area contributed by atoms with Crippen LogP contribution in [0.4, 0.5) is 0 Å². The quantitative estimate of drug-likeness (QED) is 0.754. The monoisotopic (exact) mass is 290 g/mol.